The van der Waals surface area contributed by atoms with Gasteiger partial charge in [0.05, 0.1) is 22.8 Å². The second-order valence-corrected chi connectivity index (χ2v) is 10.2. The van der Waals surface area contributed by atoms with Crippen molar-refractivity contribution in [2.75, 3.05) is 17.3 Å². The minimum atomic E-state index is -3.08. The van der Waals surface area contributed by atoms with E-state index in [0.717, 1.165) is 21.5 Å². The van der Waals surface area contributed by atoms with E-state index in [2.05, 4.69) is 9.97 Å². The molecule has 0 aliphatic carbocycles. The number of carbonyl (C=O) groups is 1. The lowest BCUT2D eigenvalue weighted by Crippen LogP contribution is -2.41. The number of aromatic nitrogens is 2. The third kappa shape index (κ3) is 4.76. The van der Waals surface area contributed by atoms with Crippen LogP contribution < -0.4 is 0 Å². The molecule has 4 rings (SSSR count). The van der Waals surface area contributed by atoms with E-state index in [-0.39, 0.29) is 29.2 Å². The molecule has 1 aliphatic heterocycles. The molecule has 2 heterocycles. The van der Waals surface area contributed by atoms with E-state index < -0.39 is 9.84 Å². The zero-order valence-corrected chi connectivity index (χ0v) is 17.4. The Morgan fingerprint density at radius 2 is 1.83 bits per heavy atom. The number of carbonyl (C=O) groups excluding carboxylic acids is 1. The van der Waals surface area contributed by atoms with Crippen LogP contribution in [0.15, 0.2) is 66.0 Å². The number of benzene rings is 2. The molecule has 6 nitrogen and oxygen atoms in total. The molecule has 2 aromatic carbocycles. The fraction of sp³-hybridized carbons (Fsp3) is 0.286. The van der Waals surface area contributed by atoms with Crippen LogP contribution in [0.25, 0.3) is 10.9 Å². The van der Waals surface area contributed by atoms with Crippen molar-refractivity contribution >= 4 is 38.4 Å². The summed E-state index contributed by atoms with van der Waals surface area (Å²) in [5.74, 6) is 0.292. The molecule has 1 aliphatic rings. The highest BCUT2D eigenvalue weighted by Crippen LogP contribution is 2.26. The quantitative estimate of drug-likeness (QED) is 0.444. The summed E-state index contributed by atoms with van der Waals surface area (Å²) in [6, 6.07) is 17.1. The third-order valence-corrected chi connectivity index (χ3v) is 7.74. The molecule has 0 radical (unpaired) electrons. The van der Waals surface area contributed by atoms with Gasteiger partial charge in [-0.15, -0.1) is 0 Å². The summed E-state index contributed by atoms with van der Waals surface area (Å²) >= 11 is 1.36. The van der Waals surface area contributed by atoms with Crippen LogP contribution >= 0.6 is 11.8 Å². The summed E-state index contributed by atoms with van der Waals surface area (Å²) in [6.07, 6.45) is 1.99. The van der Waals surface area contributed by atoms with Gasteiger partial charge in [-0.2, -0.15) is 0 Å². The van der Waals surface area contributed by atoms with Gasteiger partial charge in [0.2, 0.25) is 5.91 Å². The van der Waals surface area contributed by atoms with Crippen LogP contribution in [-0.2, 0) is 21.2 Å². The average Bonchev–Trinajstić information content (AvgIpc) is 3.10. The first-order chi connectivity index (χ1) is 14.0. The zero-order valence-electron chi connectivity index (χ0n) is 15.8. The number of nitrogens with zero attached hydrogens (tertiary/aromatic N) is 3. The molecule has 1 aromatic heterocycles. The molecular formula is C21H21N3O3S2. The number of rotatable bonds is 6. The molecule has 0 saturated carbocycles. The van der Waals surface area contributed by atoms with E-state index in [4.69, 9.17) is 0 Å². The molecule has 0 unspecified atom stereocenters. The lowest BCUT2D eigenvalue weighted by Gasteiger charge is -2.28. The van der Waals surface area contributed by atoms with Crippen LogP contribution in [0.5, 0.6) is 0 Å². The lowest BCUT2D eigenvalue weighted by atomic mass is 10.1. The lowest BCUT2D eigenvalue weighted by molar-refractivity contribution is -0.130. The van der Waals surface area contributed by atoms with Crippen LogP contribution in [0.2, 0.25) is 0 Å². The van der Waals surface area contributed by atoms with E-state index >= 15 is 0 Å². The Balaban J connectivity index is 1.53. The second kappa shape index (κ2) is 8.51. The van der Waals surface area contributed by atoms with Crippen LogP contribution in [-0.4, -0.2) is 52.5 Å². The number of hydrogen-bond donors (Lipinski definition) is 0. The molecule has 1 fully saturated rings. The summed E-state index contributed by atoms with van der Waals surface area (Å²) < 4.78 is 24.0. The first-order valence-electron chi connectivity index (χ1n) is 9.38. The van der Waals surface area contributed by atoms with Gasteiger partial charge >= 0.3 is 0 Å². The molecule has 0 bridgehead atoms. The first-order valence-corrected chi connectivity index (χ1v) is 12.2. The van der Waals surface area contributed by atoms with E-state index in [1.807, 2.05) is 54.6 Å². The zero-order chi connectivity index (χ0) is 20.3. The Morgan fingerprint density at radius 3 is 2.59 bits per heavy atom. The van der Waals surface area contributed by atoms with Gasteiger partial charge < -0.3 is 4.90 Å². The van der Waals surface area contributed by atoms with Crippen molar-refractivity contribution < 1.29 is 13.2 Å². The fourth-order valence-corrected chi connectivity index (χ4v) is 6.14. The van der Waals surface area contributed by atoms with Crippen molar-refractivity contribution in [1.82, 2.24) is 14.9 Å². The highest BCUT2D eigenvalue weighted by Gasteiger charge is 2.34. The maximum absolute atomic E-state index is 13.1. The molecule has 29 heavy (non-hydrogen) atoms. The molecule has 0 spiro atoms. The van der Waals surface area contributed by atoms with Crippen molar-refractivity contribution in [3.8, 4) is 0 Å². The van der Waals surface area contributed by atoms with Gasteiger partial charge in [0.15, 0.2) is 9.84 Å². The predicted molar refractivity (Wildman–Crippen MR) is 114 cm³/mol. The van der Waals surface area contributed by atoms with Gasteiger partial charge in [-0.3, -0.25) is 4.79 Å². The topological polar surface area (TPSA) is 80.2 Å². The highest BCUT2D eigenvalue weighted by atomic mass is 32.2. The van der Waals surface area contributed by atoms with E-state index in [1.165, 1.54) is 18.1 Å². The minimum Gasteiger partial charge on any atom is -0.334 e. The summed E-state index contributed by atoms with van der Waals surface area (Å²) in [7, 11) is -3.08. The Bertz CT molecular complexity index is 1110. The molecule has 8 heteroatoms. The summed E-state index contributed by atoms with van der Waals surface area (Å²) in [5.41, 5.74) is 1.82. The van der Waals surface area contributed by atoms with Crippen molar-refractivity contribution in [1.29, 1.82) is 0 Å². The molecule has 150 valence electrons. The highest BCUT2D eigenvalue weighted by molar-refractivity contribution is 8.00. The summed E-state index contributed by atoms with van der Waals surface area (Å²) in [4.78, 5) is 23.4. The van der Waals surface area contributed by atoms with Crippen molar-refractivity contribution in [2.24, 2.45) is 0 Å². The average molecular weight is 428 g/mol. The SMILES string of the molecule is O=C(CSc1ncnc2ccccc12)N(Cc1ccccc1)[C@@H]1CCS(=O)(=O)C1. The molecule has 1 saturated heterocycles. The number of para-hydroxylation sites is 1. The summed E-state index contributed by atoms with van der Waals surface area (Å²) in [6.45, 7) is 0.408. The van der Waals surface area contributed by atoms with Crippen molar-refractivity contribution in [2.45, 2.75) is 24.0 Å². The van der Waals surface area contributed by atoms with Crippen LogP contribution in [0.3, 0.4) is 0 Å². The monoisotopic (exact) mass is 427 g/mol. The van der Waals surface area contributed by atoms with Gasteiger partial charge in [-0.1, -0.05) is 60.3 Å². The van der Waals surface area contributed by atoms with Gasteiger partial charge in [0, 0.05) is 18.0 Å². The van der Waals surface area contributed by atoms with Crippen molar-refractivity contribution in [3.05, 3.63) is 66.5 Å². The standard InChI is InChI=1S/C21H21N3O3S2/c25-20(13-28-21-18-8-4-5-9-19(18)22-15-23-21)24(12-16-6-2-1-3-7-16)17-10-11-29(26,27)14-17/h1-9,15,17H,10-14H2/t17-/m1/s1. The maximum atomic E-state index is 13.1. The fourth-order valence-electron chi connectivity index (χ4n) is 3.53. The Kier molecular flexibility index (Phi) is 5.82. The maximum Gasteiger partial charge on any atom is 0.233 e. The van der Waals surface area contributed by atoms with Crippen LogP contribution in [0, 0.1) is 0 Å². The van der Waals surface area contributed by atoms with Gasteiger partial charge in [-0.05, 0) is 18.1 Å². The van der Waals surface area contributed by atoms with E-state index in [9.17, 15) is 13.2 Å². The number of amides is 1. The van der Waals surface area contributed by atoms with Gasteiger partial charge in [0.1, 0.15) is 11.4 Å². The Morgan fingerprint density at radius 1 is 1.07 bits per heavy atom. The normalized spacial score (nSPS) is 18.0. The van der Waals surface area contributed by atoms with Crippen LogP contribution in [0.1, 0.15) is 12.0 Å². The number of sulfone groups is 1. The smallest absolute Gasteiger partial charge is 0.233 e. The first kappa shape index (κ1) is 19.8. The Labute approximate surface area is 174 Å². The largest absolute Gasteiger partial charge is 0.334 e. The molecule has 0 N–H and O–H groups in total. The molecule has 1 amide bonds. The molecule has 1 atom stereocenters. The number of hydrogen-bond acceptors (Lipinski definition) is 6. The van der Waals surface area contributed by atoms with Gasteiger partial charge in [0.25, 0.3) is 0 Å². The third-order valence-electron chi connectivity index (χ3n) is 5.00. The van der Waals surface area contributed by atoms with E-state index in [1.54, 1.807) is 4.90 Å². The number of fused-ring (bicyclic) bond motifs is 1. The predicted octanol–water partition coefficient (Wildman–Crippen LogP) is 2.94. The van der Waals surface area contributed by atoms with Crippen LogP contribution in [0.4, 0.5) is 0 Å². The van der Waals surface area contributed by atoms with E-state index in [0.29, 0.717) is 13.0 Å². The minimum absolute atomic E-state index is 0.0344. The number of thioether (sulfide) groups is 1. The molecule has 3 aromatic rings. The van der Waals surface area contributed by atoms with Gasteiger partial charge in [-0.25, -0.2) is 18.4 Å². The van der Waals surface area contributed by atoms with Crippen molar-refractivity contribution in [3.63, 3.8) is 0 Å². The Hall–Kier alpha value is -2.45. The molecular weight excluding hydrogens is 406 g/mol. The summed E-state index contributed by atoms with van der Waals surface area (Å²) in [5, 5.41) is 1.66. The second-order valence-electron chi connectivity index (χ2n) is 7.05.